The molecule has 0 aliphatic rings. The average Bonchev–Trinajstić information content (AvgIpc) is 2.05. The molecule has 0 fully saturated rings. The SMILES string of the molecule is CC(C)(SCCCS)SCCCS. The molecule has 0 bridgehead atoms. The molecule has 0 aromatic carbocycles. The van der Waals surface area contributed by atoms with Crippen LogP contribution in [0, 0.1) is 0 Å². The van der Waals surface area contributed by atoms with Gasteiger partial charge in [-0.05, 0) is 49.7 Å². The lowest BCUT2D eigenvalue weighted by molar-refractivity contribution is 1.000. The molecule has 0 nitrogen and oxygen atoms in total. The standard InChI is InChI=1S/C9H20S4/c1-9(2,12-7-3-5-10)13-8-4-6-11/h10-11H,3-8H2,1-2H3. The fraction of sp³-hybridized carbons (Fsp3) is 1.00. The van der Waals surface area contributed by atoms with Gasteiger partial charge in [0.15, 0.2) is 0 Å². The van der Waals surface area contributed by atoms with Crippen LogP contribution in [-0.2, 0) is 0 Å². The number of rotatable bonds is 8. The number of thiol groups is 2. The van der Waals surface area contributed by atoms with Crippen molar-refractivity contribution in [2.45, 2.75) is 30.8 Å². The van der Waals surface area contributed by atoms with Crippen molar-refractivity contribution in [1.82, 2.24) is 0 Å². The summed E-state index contributed by atoms with van der Waals surface area (Å²) in [6, 6.07) is 0. The van der Waals surface area contributed by atoms with Crippen molar-refractivity contribution < 1.29 is 0 Å². The van der Waals surface area contributed by atoms with Crippen LogP contribution < -0.4 is 0 Å². The first kappa shape index (κ1) is 14.4. The van der Waals surface area contributed by atoms with Crippen molar-refractivity contribution in [2.24, 2.45) is 0 Å². The van der Waals surface area contributed by atoms with Gasteiger partial charge in [-0.25, -0.2) is 0 Å². The first-order valence-electron chi connectivity index (χ1n) is 4.62. The maximum absolute atomic E-state index is 4.21. The smallest absolute Gasteiger partial charge is 0.0555 e. The zero-order valence-electron chi connectivity index (χ0n) is 8.45. The number of thioether (sulfide) groups is 2. The highest BCUT2D eigenvalue weighted by Gasteiger charge is 2.17. The third-order valence-corrected chi connectivity index (χ3v) is 5.22. The minimum atomic E-state index is 0.367. The molecule has 0 aliphatic heterocycles. The molecule has 0 heterocycles. The normalized spacial score (nSPS) is 12.0. The molecule has 0 aromatic rings. The van der Waals surface area contributed by atoms with Crippen LogP contribution in [0.25, 0.3) is 0 Å². The van der Waals surface area contributed by atoms with E-state index in [2.05, 4.69) is 39.1 Å². The largest absolute Gasteiger partial charge is 0.179 e. The van der Waals surface area contributed by atoms with E-state index in [-0.39, 0.29) is 0 Å². The molecule has 0 unspecified atom stereocenters. The highest BCUT2D eigenvalue weighted by molar-refractivity contribution is 8.18. The maximum Gasteiger partial charge on any atom is 0.0555 e. The quantitative estimate of drug-likeness (QED) is 0.385. The van der Waals surface area contributed by atoms with E-state index in [0.717, 1.165) is 11.5 Å². The van der Waals surface area contributed by atoms with Gasteiger partial charge < -0.3 is 0 Å². The van der Waals surface area contributed by atoms with Crippen molar-refractivity contribution in [3.63, 3.8) is 0 Å². The molecular formula is C9H20S4. The lowest BCUT2D eigenvalue weighted by Crippen LogP contribution is -2.11. The first-order valence-corrected chi connectivity index (χ1v) is 7.85. The Bertz CT molecular complexity index is 102. The minimum absolute atomic E-state index is 0.367. The van der Waals surface area contributed by atoms with E-state index in [1.54, 1.807) is 0 Å². The van der Waals surface area contributed by atoms with Crippen LogP contribution in [0.1, 0.15) is 26.7 Å². The van der Waals surface area contributed by atoms with Gasteiger partial charge in [0.2, 0.25) is 0 Å². The van der Waals surface area contributed by atoms with Crippen LogP contribution in [0.4, 0.5) is 0 Å². The maximum atomic E-state index is 4.21. The summed E-state index contributed by atoms with van der Waals surface area (Å²) in [4.78, 5) is 0. The molecule has 0 radical (unpaired) electrons. The molecule has 4 heteroatoms. The summed E-state index contributed by atoms with van der Waals surface area (Å²) in [7, 11) is 0. The summed E-state index contributed by atoms with van der Waals surface area (Å²) in [5, 5.41) is 0. The van der Waals surface area contributed by atoms with Crippen LogP contribution in [-0.4, -0.2) is 27.1 Å². The monoisotopic (exact) mass is 256 g/mol. The topological polar surface area (TPSA) is 0 Å². The van der Waals surface area contributed by atoms with E-state index in [1.807, 2.05) is 23.5 Å². The molecule has 0 rings (SSSR count). The van der Waals surface area contributed by atoms with E-state index in [9.17, 15) is 0 Å². The molecule has 0 aromatic heterocycles. The lowest BCUT2D eigenvalue weighted by Gasteiger charge is -2.23. The first-order chi connectivity index (χ1) is 6.12. The minimum Gasteiger partial charge on any atom is -0.179 e. The second-order valence-corrected chi connectivity index (χ2v) is 7.84. The molecule has 13 heavy (non-hydrogen) atoms. The van der Waals surface area contributed by atoms with Crippen LogP contribution in [0.2, 0.25) is 0 Å². The number of hydrogen-bond acceptors (Lipinski definition) is 4. The highest BCUT2D eigenvalue weighted by Crippen LogP contribution is 2.36. The Morgan fingerprint density at radius 3 is 1.62 bits per heavy atom. The van der Waals surface area contributed by atoms with Gasteiger partial charge in [0, 0.05) is 0 Å². The zero-order chi connectivity index (χ0) is 10.2. The molecule has 0 amide bonds. The van der Waals surface area contributed by atoms with E-state index in [4.69, 9.17) is 0 Å². The average molecular weight is 257 g/mol. The van der Waals surface area contributed by atoms with Crippen LogP contribution >= 0.6 is 48.8 Å². The molecular weight excluding hydrogens is 236 g/mol. The van der Waals surface area contributed by atoms with Gasteiger partial charge >= 0.3 is 0 Å². The molecule has 0 saturated carbocycles. The van der Waals surface area contributed by atoms with Gasteiger partial charge in [0.05, 0.1) is 4.08 Å². The van der Waals surface area contributed by atoms with Crippen LogP contribution in [0.3, 0.4) is 0 Å². The molecule has 0 N–H and O–H groups in total. The van der Waals surface area contributed by atoms with E-state index >= 15 is 0 Å². The lowest BCUT2D eigenvalue weighted by atomic mass is 10.5. The fourth-order valence-electron chi connectivity index (χ4n) is 0.807. The Balaban J connectivity index is 3.42. The van der Waals surface area contributed by atoms with Gasteiger partial charge in [0.25, 0.3) is 0 Å². The summed E-state index contributed by atoms with van der Waals surface area (Å²) >= 11 is 12.5. The van der Waals surface area contributed by atoms with Crippen LogP contribution in [0.5, 0.6) is 0 Å². The Hall–Kier alpha value is 1.40. The predicted molar refractivity (Wildman–Crippen MR) is 75.9 cm³/mol. The summed E-state index contributed by atoms with van der Waals surface area (Å²) in [5.74, 6) is 4.46. The third kappa shape index (κ3) is 9.70. The molecule has 0 spiro atoms. The Kier molecular flexibility index (Phi) is 9.62. The van der Waals surface area contributed by atoms with Crippen molar-refractivity contribution >= 4 is 48.8 Å². The van der Waals surface area contributed by atoms with Gasteiger partial charge in [-0.2, -0.15) is 25.3 Å². The summed E-state index contributed by atoms with van der Waals surface area (Å²) < 4.78 is 0.367. The molecule has 80 valence electrons. The van der Waals surface area contributed by atoms with E-state index in [0.29, 0.717) is 4.08 Å². The Morgan fingerprint density at radius 2 is 1.31 bits per heavy atom. The van der Waals surface area contributed by atoms with Crippen molar-refractivity contribution in [3.8, 4) is 0 Å². The highest BCUT2D eigenvalue weighted by atomic mass is 32.2. The van der Waals surface area contributed by atoms with Crippen molar-refractivity contribution in [1.29, 1.82) is 0 Å². The van der Waals surface area contributed by atoms with E-state index in [1.165, 1.54) is 24.3 Å². The summed E-state index contributed by atoms with van der Waals surface area (Å²) in [5.41, 5.74) is 0. The summed E-state index contributed by atoms with van der Waals surface area (Å²) in [6.07, 6.45) is 2.43. The third-order valence-electron chi connectivity index (χ3n) is 1.50. The van der Waals surface area contributed by atoms with Crippen molar-refractivity contribution in [2.75, 3.05) is 23.0 Å². The van der Waals surface area contributed by atoms with Crippen LogP contribution in [0.15, 0.2) is 0 Å². The Morgan fingerprint density at radius 1 is 0.923 bits per heavy atom. The van der Waals surface area contributed by atoms with Gasteiger partial charge in [-0.3, -0.25) is 0 Å². The second kappa shape index (κ2) is 8.69. The predicted octanol–water partition coefficient (Wildman–Crippen LogP) is 3.83. The second-order valence-electron chi connectivity index (χ2n) is 3.25. The van der Waals surface area contributed by atoms with Crippen molar-refractivity contribution in [3.05, 3.63) is 0 Å². The fourth-order valence-corrected chi connectivity index (χ4v) is 3.94. The number of hydrogen-bond donors (Lipinski definition) is 2. The summed E-state index contributed by atoms with van der Waals surface area (Å²) in [6.45, 7) is 4.61. The van der Waals surface area contributed by atoms with Gasteiger partial charge in [0.1, 0.15) is 0 Å². The molecule has 0 atom stereocenters. The van der Waals surface area contributed by atoms with Gasteiger partial charge in [-0.15, -0.1) is 23.5 Å². The molecule has 0 aliphatic carbocycles. The van der Waals surface area contributed by atoms with E-state index < -0.39 is 0 Å². The van der Waals surface area contributed by atoms with Gasteiger partial charge in [-0.1, -0.05) is 0 Å². The zero-order valence-corrected chi connectivity index (χ0v) is 11.9. The molecule has 0 saturated heterocycles. The Labute approximate surface area is 102 Å².